The summed E-state index contributed by atoms with van der Waals surface area (Å²) < 4.78 is 0. The maximum Gasteiger partial charge on any atom is 0.232 e. The highest BCUT2D eigenvalue weighted by Crippen LogP contribution is 2.29. The molecule has 1 unspecified atom stereocenters. The Kier molecular flexibility index (Phi) is 7.10. The molecule has 2 aliphatic heterocycles. The van der Waals surface area contributed by atoms with Gasteiger partial charge in [0.15, 0.2) is 5.11 Å². The zero-order valence-corrected chi connectivity index (χ0v) is 17.8. The van der Waals surface area contributed by atoms with Gasteiger partial charge in [0, 0.05) is 38.3 Å². The van der Waals surface area contributed by atoms with Gasteiger partial charge in [0.2, 0.25) is 5.95 Å². The van der Waals surface area contributed by atoms with Gasteiger partial charge in [-0.15, -0.1) is 0 Å². The van der Waals surface area contributed by atoms with Gasteiger partial charge >= 0.3 is 0 Å². The molecule has 3 heterocycles. The summed E-state index contributed by atoms with van der Waals surface area (Å²) in [5, 5.41) is 7.01. The average molecular weight is 391 g/mol. The molecule has 0 saturated carbocycles. The zero-order chi connectivity index (χ0) is 19.2. The van der Waals surface area contributed by atoms with Crippen LogP contribution in [0.4, 0.5) is 17.6 Å². The summed E-state index contributed by atoms with van der Waals surface area (Å²) >= 11 is 5.41. The monoisotopic (exact) mass is 390 g/mol. The van der Waals surface area contributed by atoms with Gasteiger partial charge in [-0.3, -0.25) is 0 Å². The number of nitrogens with one attached hydrogen (secondary N) is 2. The van der Waals surface area contributed by atoms with Crippen LogP contribution in [0.1, 0.15) is 59.3 Å². The Hall–Kier alpha value is -1.63. The van der Waals surface area contributed by atoms with Gasteiger partial charge < -0.3 is 20.4 Å². The van der Waals surface area contributed by atoms with Crippen molar-refractivity contribution < 1.29 is 0 Å². The van der Waals surface area contributed by atoms with E-state index in [0.717, 1.165) is 50.2 Å². The fraction of sp³-hybridized carbons (Fsp3) is 0.750. The molecule has 0 bridgehead atoms. The Bertz CT molecular complexity index is 629. The zero-order valence-electron chi connectivity index (χ0n) is 17.0. The number of anilines is 3. The molecule has 1 aromatic heterocycles. The molecule has 150 valence electrons. The van der Waals surface area contributed by atoms with Crippen molar-refractivity contribution in [1.82, 2.24) is 15.3 Å². The van der Waals surface area contributed by atoms with Gasteiger partial charge in [-0.2, -0.15) is 9.97 Å². The van der Waals surface area contributed by atoms with E-state index < -0.39 is 0 Å². The van der Waals surface area contributed by atoms with Crippen LogP contribution in [0, 0.1) is 5.92 Å². The van der Waals surface area contributed by atoms with Crippen LogP contribution in [0.15, 0.2) is 6.07 Å². The van der Waals surface area contributed by atoms with E-state index in [2.05, 4.69) is 47.3 Å². The van der Waals surface area contributed by atoms with Crippen molar-refractivity contribution in [2.24, 2.45) is 5.92 Å². The third-order valence-electron chi connectivity index (χ3n) is 5.66. The second kappa shape index (κ2) is 9.53. The number of piperidine rings is 2. The highest BCUT2D eigenvalue weighted by atomic mass is 32.1. The van der Waals surface area contributed by atoms with Gasteiger partial charge in [-0.1, -0.05) is 13.8 Å². The second-order valence-electron chi connectivity index (χ2n) is 8.00. The topological polar surface area (TPSA) is 56.3 Å². The molecule has 0 aliphatic carbocycles. The molecule has 0 spiro atoms. The standard InChI is InChI=1S/C20H34N6S/c1-4-10-21-20(27)24-19-22-17(25-12-8-15(2)9-13-25)14-18(23-19)26-11-6-5-7-16(26)3/h14-16H,4-13H2,1-3H3,(H2,21,22,23,24,27). The van der Waals surface area contributed by atoms with Crippen LogP contribution >= 0.6 is 12.2 Å². The number of aromatic nitrogens is 2. The first-order valence-electron chi connectivity index (χ1n) is 10.5. The summed E-state index contributed by atoms with van der Waals surface area (Å²) in [6.07, 6.45) is 7.22. The van der Waals surface area contributed by atoms with Crippen molar-refractivity contribution in [2.75, 3.05) is 41.3 Å². The first-order valence-corrected chi connectivity index (χ1v) is 10.9. The van der Waals surface area contributed by atoms with Crippen LogP contribution < -0.4 is 20.4 Å². The van der Waals surface area contributed by atoms with E-state index in [0.29, 0.717) is 17.1 Å². The largest absolute Gasteiger partial charge is 0.362 e. The summed E-state index contributed by atoms with van der Waals surface area (Å²) in [5.41, 5.74) is 0. The molecular weight excluding hydrogens is 356 g/mol. The smallest absolute Gasteiger partial charge is 0.232 e. The Morgan fingerprint density at radius 3 is 2.56 bits per heavy atom. The molecule has 2 N–H and O–H groups in total. The van der Waals surface area contributed by atoms with Crippen molar-refractivity contribution in [1.29, 1.82) is 0 Å². The third-order valence-corrected chi connectivity index (χ3v) is 5.91. The Morgan fingerprint density at radius 1 is 1.11 bits per heavy atom. The average Bonchev–Trinajstić information content (AvgIpc) is 2.67. The maximum absolute atomic E-state index is 5.41. The fourth-order valence-electron chi connectivity index (χ4n) is 3.85. The number of thiocarbonyl (C=S) groups is 1. The summed E-state index contributed by atoms with van der Waals surface area (Å²) in [6.45, 7) is 10.8. The lowest BCUT2D eigenvalue weighted by Crippen LogP contribution is -2.39. The van der Waals surface area contributed by atoms with Crippen LogP contribution in [0.25, 0.3) is 0 Å². The fourth-order valence-corrected chi connectivity index (χ4v) is 4.04. The summed E-state index contributed by atoms with van der Waals surface area (Å²) in [5.74, 6) is 3.44. The molecule has 3 rings (SSSR count). The minimum atomic E-state index is 0.515. The first kappa shape index (κ1) is 20.1. The summed E-state index contributed by atoms with van der Waals surface area (Å²) in [7, 11) is 0. The van der Waals surface area contributed by atoms with Crippen molar-refractivity contribution in [3.63, 3.8) is 0 Å². The van der Waals surface area contributed by atoms with Crippen molar-refractivity contribution in [2.45, 2.75) is 65.3 Å². The molecule has 6 nitrogen and oxygen atoms in total. The Balaban J connectivity index is 1.84. The van der Waals surface area contributed by atoms with E-state index >= 15 is 0 Å². The first-order chi connectivity index (χ1) is 13.1. The van der Waals surface area contributed by atoms with E-state index in [1.165, 1.54) is 32.1 Å². The molecule has 0 aromatic carbocycles. The van der Waals surface area contributed by atoms with E-state index in [9.17, 15) is 0 Å². The van der Waals surface area contributed by atoms with E-state index in [1.54, 1.807) is 0 Å². The molecule has 2 saturated heterocycles. The predicted molar refractivity (Wildman–Crippen MR) is 118 cm³/mol. The van der Waals surface area contributed by atoms with Crippen LogP contribution in [-0.4, -0.2) is 47.3 Å². The van der Waals surface area contributed by atoms with E-state index in [-0.39, 0.29) is 0 Å². The molecule has 0 amide bonds. The number of hydrogen-bond acceptors (Lipinski definition) is 5. The van der Waals surface area contributed by atoms with E-state index in [1.807, 2.05) is 0 Å². The van der Waals surface area contributed by atoms with E-state index in [4.69, 9.17) is 22.2 Å². The number of nitrogens with zero attached hydrogens (tertiary/aromatic N) is 4. The molecule has 2 fully saturated rings. The van der Waals surface area contributed by atoms with Crippen molar-refractivity contribution >= 4 is 34.9 Å². The predicted octanol–water partition coefficient (Wildman–Crippen LogP) is 3.79. The highest BCUT2D eigenvalue weighted by molar-refractivity contribution is 7.80. The Labute approximate surface area is 169 Å². The van der Waals surface area contributed by atoms with Crippen molar-refractivity contribution in [3.8, 4) is 0 Å². The summed E-state index contributed by atoms with van der Waals surface area (Å²) in [6, 6.07) is 2.69. The van der Waals surface area contributed by atoms with Crippen molar-refractivity contribution in [3.05, 3.63) is 6.07 Å². The SMILES string of the molecule is CCCNC(=S)Nc1nc(N2CCC(C)CC2)cc(N2CCCCC2C)n1. The Morgan fingerprint density at radius 2 is 1.85 bits per heavy atom. The normalized spacial score (nSPS) is 21.2. The minimum Gasteiger partial charge on any atom is -0.362 e. The molecule has 27 heavy (non-hydrogen) atoms. The third kappa shape index (κ3) is 5.43. The lowest BCUT2D eigenvalue weighted by molar-refractivity contribution is 0.436. The quantitative estimate of drug-likeness (QED) is 0.742. The van der Waals surface area contributed by atoms with Gasteiger partial charge in [-0.05, 0) is 63.6 Å². The minimum absolute atomic E-state index is 0.515. The lowest BCUT2D eigenvalue weighted by Gasteiger charge is -2.36. The molecular formula is C20H34N6S. The maximum atomic E-state index is 5.41. The van der Waals surface area contributed by atoms with Crippen LogP contribution in [0.3, 0.4) is 0 Å². The van der Waals surface area contributed by atoms with Gasteiger partial charge in [-0.25, -0.2) is 0 Å². The molecule has 0 radical (unpaired) electrons. The van der Waals surface area contributed by atoms with Gasteiger partial charge in [0.25, 0.3) is 0 Å². The van der Waals surface area contributed by atoms with Crippen LogP contribution in [0.2, 0.25) is 0 Å². The van der Waals surface area contributed by atoms with Gasteiger partial charge in [0.1, 0.15) is 11.6 Å². The number of rotatable bonds is 5. The molecule has 1 atom stereocenters. The van der Waals surface area contributed by atoms with Gasteiger partial charge in [0.05, 0.1) is 0 Å². The van der Waals surface area contributed by atoms with Crippen LogP contribution in [-0.2, 0) is 0 Å². The summed E-state index contributed by atoms with van der Waals surface area (Å²) in [4.78, 5) is 14.4. The van der Waals surface area contributed by atoms with Crippen LogP contribution in [0.5, 0.6) is 0 Å². The molecule has 7 heteroatoms. The lowest BCUT2D eigenvalue weighted by atomic mass is 9.99. The highest BCUT2D eigenvalue weighted by Gasteiger charge is 2.23. The second-order valence-corrected chi connectivity index (χ2v) is 8.40. The number of hydrogen-bond donors (Lipinski definition) is 2. The molecule has 2 aliphatic rings. The molecule has 1 aromatic rings.